The number of halogens is 1. The fourth-order valence-electron chi connectivity index (χ4n) is 3.22. The van der Waals surface area contributed by atoms with Crippen LogP contribution in [0.4, 0.5) is 23.3 Å². The van der Waals surface area contributed by atoms with Crippen LogP contribution in [0.5, 0.6) is 0 Å². The molecule has 0 bridgehead atoms. The summed E-state index contributed by atoms with van der Waals surface area (Å²) >= 11 is 5.97. The molecule has 30 heavy (non-hydrogen) atoms. The van der Waals surface area contributed by atoms with Crippen molar-refractivity contribution in [3.8, 4) is 0 Å². The lowest BCUT2D eigenvalue weighted by atomic mass is 10.1. The molecule has 1 fully saturated rings. The average Bonchev–Trinajstić information content (AvgIpc) is 3.53. The van der Waals surface area contributed by atoms with Crippen LogP contribution in [0.3, 0.4) is 0 Å². The summed E-state index contributed by atoms with van der Waals surface area (Å²) in [5.74, 6) is 1.19. The van der Waals surface area contributed by atoms with Crippen molar-refractivity contribution in [3.63, 3.8) is 0 Å². The second kappa shape index (κ2) is 8.51. The van der Waals surface area contributed by atoms with E-state index in [9.17, 15) is 4.79 Å². The molecule has 2 atom stereocenters. The van der Waals surface area contributed by atoms with Gasteiger partial charge in [0, 0.05) is 35.4 Å². The highest BCUT2D eigenvalue weighted by molar-refractivity contribution is 6.30. The van der Waals surface area contributed by atoms with Crippen LogP contribution in [0.25, 0.3) is 0 Å². The zero-order valence-electron chi connectivity index (χ0n) is 16.4. The Bertz CT molecular complexity index is 1070. The molecule has 2 aromatic carbocycles. The molecule has 0 spiro atoms. The number of anilines is 4. The van der Waals surface area contributed by atoms with Crippen molar-refractivity contribution in [2.45, 2.75) is 18.4 Å². The summed E-state index contributed by atoms with van der Waals surface area (Å²) in [7, 11) is 1.86. The second-order valence-corrected chi connectivity index (χ2v) is 7.49. The zero-order valence-corrected chi connectivity index (χ0v) is 17.2. The Morgan fingerprint density at radius 2 is 2.03 bits per heavy atom. The third-order valence-electron chi connectivity index (χ3n) is 4.95. The maximum Gasteiger partial charge on any atom is 0.247 e. The molecule has 1 aliphatic carbocycles. The highest BCUT2D eigenvalue weighted by Crippen LogP contribution is 2.42. The van der Waals surface area contributed by atoms with Gasteiger partial charge in [0.15, 0.2) is 0 Å². The Morgan fingerprint density at radius 3 is 2.80 bits per heavy atom. The summed E-state index contributed by atoms with van der Waals surface area (Å²) in [6, 6.07) is 15.6. The second-order valence-electron chi connectivity index (χ2n) is 7.06. The number of nitrogens with one attached hydrogen (secondary N) is 2. The number of rotatable bonds is 7. The summed E-state index contributed by atoms with van der Waals surface area (Å²) in [5, 5.41) is 6.87. The Hall–Kier alpha value is -3.45. The fraction of sp³-hybridized carbons (Fsp3) is 0.182. The Kier molecular flexibility index (Phi) is 5.63. The molecule has 1 aliphatic rings. The van der Waals surface area contributed by atoms with Gasteiger partial charge in [-0.2, -0.15) is 4.98 Å². The van der Waals surface area contributed by atoms with Gasteiger partial charge in [-0.05, 0) is 48.4 Å². The van der Waals surface area contributed by atoms with Gasteiger partial charge in [-0.3, -0.25) is 4.79 Å². The van der Waals surface area contributed by atoms with E-state index in [0.29, 0.717) is 23.5 Å². The lowest BCUT2D eigenvalue weighted by Gasteiger charge is -2.18. The van der Waals surface area contributed by atoms with Gasteiger partial charge in [0.25, 0.3) is 0 Å². The Labute approximate surface area is 179 Å². The number of nitrogens with zero attached hydrogens (tertiary/aromatic N) is 4. The molecule has 1 amide bonds. The smallest absolute Gasteiger partial charge is 0.247 e. The van der Waals surface area contributed by atoms with Crippen molar-refractivity contribution in [3.05, 3.63) is 78.1 Å². The monoisotopic (exact) mass is 420 g/mol. The standard InChI is InChI=1S/C22H21ClN6O/c1-3-20(30)26-16-5-4-6-17(11-16)29(2)22-25-13-24-21(28-22)27-19-12-18(19)14-7-9-15(23)10-8-14/h3-11,13,18-19H,1,12H2,2H3,(H,26,30)(H,24,25,27,28). The van der Waals surface area contributed by atoms with Crippen LogP contribution in [-0.2, 0) is 4.79 Å². The first kappa shape index (κ1) is 19.8. The number of hydrogen-bond donors (Lipinski definition) is 2. The molecule has 7 nitrogen and oxygen atoms in total. The van der Waals surface area contributed by atoms with E-state index in [1.54, 1.807) is 0 Å². The van der Waals surface area contributed by atoms with Crippen LogP contribution < -0.4 is 15.5 Å². The van der Waals surface area contributed by atoms with E-state index in [1.165, 1.54) is 18.0 Å². The van der Waals surface area contributed by atoms with Crippen LogP contribution in [0.15, 0.2) is 67.5 Å². The molecular formula is C22H21ClN6O. The zero-order chi connectivity index (χ0) is 21.1. The summed E-state index contributed by atoms with van der Waals surface area (Å²) in [4.78, 5) is 26.5. The maximum absolute atomic E-state index is 11.5. The number of benzene rings is 2. The van der Waals surface area contributed by atoms with E-state index in [4.69, 9.17) is 11.6 Å². The molecule has 4 rings (SSSR count). The normalized spacial score (nSPS) is 17.1. The van der Waals surface area contributed by atoms with Gasteiger partial charge in [0.05, 0.1) is 0 Å². The highest BCUT2D eigenvalue weighted by Gasteiger charge is 2.38. The number of carbonyl (C=O) groups excluding carboxylic acids is 1. The summed E-state index contributed by atoms with van der Waals surface area (Å²) in [6.45, 7) is 3.47. The van der Waals surface area contributed by atoms with Crippen LogP contribution in [-0.4, -0.2) is 33.9 Å². The maximum atomic E-state index is 11.5. The Balaban J connectivity index is 1.44. The van der Waals surface area contributed by atoms with Gasteiger partial charge in [-0.1, -0.05) is 36.4 Å². The van der Waals surface area contributed by atoms with Gasteiger partial charge in [0.1, 0.15) is 6.33 Å². The first-order valence-corrected chi connectivity index (χ1v) is 9.89. The van der Waals surface area contributed by atoms with Crippen molar-refractivity contribution in [2.75, 3.05) is 22.6 Å². The van der Waals surface area contributed by atoms with Crippen molar-refractivity contribution in [1.29, 1.82) is 0 Å². The number of amides is 1. The van der Waals surface area contributed by atoms with Crippen LogP contribution in [0, 0.1) is 0 Å². The third kappa shape index (κ3) is 4.58. The van der Waals surface area contributed by atoms with Crippen molar-refractivity contribution < 1.29 is 4.79 Å². The van der Waals surface area contributed by atoms with Crippen molar-refractivity contribution in [2.24, 2.45) is 0 Å². The predicted molar refractivity (Wildman–Crippen MR) is 119 cm³/mol. The molecule has 2 N–H and O–H groups in total. The van der Waals surface area contributed by atoms with Gasteiger partial charge in [0.2, 0.25) is 17.8 Å². The van der Waals surface area contributed by atoms with Crippen molar-refractivity contribution in [1.82, 2.24) is 15.0 Å². The van der Waals surface area contributed by atoms with E-state index in [2.05, 4.69) is 44.3 Å². The van der Waals surface area contributed by atoms with Gasteiger partial charge in [-0.25, -0.2) is 9.97 Å². The molecule has 2 unspecified atom stereocenters. The SMILES string of the molecule is C=CC(=O)Nc1cccc(N(C)c2ncnc(NC3CC3c3ccc(Cl)cc3)n2)c1. The molecule has 1 heterocycles. The fourth-order valence-corrected chi connectivity index (χ4v) is 3.34. The lowest BCUT2D eigenvalue weighted by molar-refractivity contribution is -0.111. The number of carbonyl (C=O) groups is 1. The van der Waals surface area contributed by atoms with Gasteiger partial charge < -0.3 is 15.5 Å². The quantitative estimate of drug-likeness (QED) is 0.552. The van der Waals surface area contributed by atoms with Crippen LogP contribution in [0.2, 0.25) is 5.02 Å². The largest absolute Gasteiger partial charge is 0.351 e. The third-order valence-corrected chi connectivity index (χ3v) is 5.20. The number of hydrogen-bond acceptors (Lipinski definition) is 6. The number of aromatic nitrogens is 3. The highest BCUT2D eigenvalue weighted by atomic mass is 35.5. The Morgan fingerprint density at radius 1 is 1.23 bits per heavy atom. The molecule has 3 aromatic rings. The molecule has 8 heteroatoms. The molecule has 1 saturated carbocycles. The predicted octanol–water partition coefficient (Wildman–Crippen LogP) is 4.39. The molecular weight excluding hydrogens is 400 g/mol. The summed E-state index contributed by atoms with van der Waals surface area (Å²) in [6.07, 6.45) is 3.74. The molecule has 152 valence electrons. The van der Waals surface area contributed by atoms with E-state index >= 15 is 0 Å². The molecule has 1 aromatic heterocycles. The minimum atomic E-state index is -0.263. The van der Waals surface area contributed by atoms with Crippen LogP contribution in [0.1, 0.15) is 17.9 Å². The molecule has 0 radical (unpaired) electrons. The van der Waals surface area contributed by atoms with Crippen molar-refractivity contribution >= 4 is 40.8 Å². The lowest BCUT2D eigenvalue weighted by Crippen LogP contribution is -2.16. The van der Waals surface area contributed by atoms with E-state index in [1.807, 2.05) is 48.3 Å². The minimum absolute atomic E-state index is 0.263. The summed E-state index contributed by atoms with van der Waals surface area (Å²) < 4.78 is 0. The van der Waals surface area contributed by atoms with E-state index < -0.39 is 0 Å². The molecule has 0 saturated heterocycles. The minimum Gasteiger partial charge on any atom is -0.351 e. The topological polar surface area (TPSA) is 83.0 Å². The van der Waals surface area contributed by atoms with Gasteiger partial charge in [-0.15, -0.1) is 0 Å². The van der Waals surface area contributed by atoms with Gasteiger partial charge >= 0.3 is 0 Å². The first-order chi connectivity index (χ1) is 14.5. The van der Waals surface area contributed by atoms with E-state index in [-0.39, 0.29) is 11.9 Å². The van der Waals surface area contributed by atoms with Crippen LogP contribution >= 0.6 is 11.6 Å². The first-order valence-electron chi connectivity index (χ1n) is 9.52. The van der Waals surface area contributed by atoms with E-state index in [0.717, 1.165) is 17.1 Å². The average molecular weight is 421 g/mol. The molecule has 0 aliphatic heterocycles. The summed E-state index contributed by atoms with van der Waals surface area (Å²) in [5.41, 5.74) is 2.75.